The van der Waals surface area contributed by atoms with E-state index in [-0.39, 0.29) is 0 Å². The van der Waals surface area contributed by atoms with Crippen LogP contribution in [0.1, 0.15) is 11.3 Å². The fourth-order valence-corrected chi connectivity index (χ4v) is 2.15. The average Bonchev–Trinajstić information content (AvgIpc) is 2.35. The molecule has 0 fully saturated rings. The van der Waals surface area contributed by atoms with Gasteiger partial charge in [0, 0.05) is 15.7 Å². The van der Waals surface area contributed by atoms with Gasteiger partial charge in [0.15, 0.2) is 5.82 Å². The van der Waals surface area contributed by atoms with Gasteiger partial charge in [0.2, 0.25) is 0 Å². The van der Waals surface area contributed by atoms with Crippen LogP contribution in [-0.2, 0) is 0 Å². The summed E-state index contributed by atoms with van der Waals surface area (Å²) in [6.45, 7) is 3.82. The second-order valence-electron chi connectivity index (χ2n) is 3.89. The first-order valence-electron chi connectivity index (χ1n) is 5.37. The summed E-state index contributed by atoms with van der Waals surface area (Å²) in [4.78, 5) is 8.76. The van der Waals surface area contributed by atoms with E-state index in [4.69, 9.17) is 16.3 Å². The zero-order valence-corrected chi connectivity index (χ0v) is 12.6. The zero-order valence-electron chi connectivity index (χ0n) is 10.3. The summed E-state index contributed by atoms with van der Waals surface area (Å²) in [7, 11) is 1.62. The minimum atomic E-state index is 0.472. The first-order valence-corrected chi connectivity index (χ1v) is 6.54. The van der Waals surface area contributed by atoms with Gasteiger partial charge < -0.3 is 4.74 Å². The minimum absolute atomic E-state index is 0.472. The molecule has 0 N–H and O–H groups in total. The van der Waals surface area contributed by atoms with Gasteiger partial charge in [-0.25, -0.2) is 9.97 Å². The molecule has 2 rings (SSSR count). The van der Waals surface area contributed by atoms with Crippen LogP contribution >= 0.6 is 27.5 Å². The van der Waals surface area contributed by atoms with Crippen LogP contribution in [0.2, 0.25) is 5.15 Å². The quantitative estimate of drug-likeness (QED) is 0.776. The summed E-state index contributed by atoms with van der Waals surface area (Å²) in [6, 6.07) is 5.69. The third-order valence-electron chi connectivity index (χ3n) is 2.73. The van der Waals surface area contributed by atoms with E-state index in [1.165, 1.54) is 0 Å². The molecule has 0 unspecified atom stereocenters. The summed E-state index contributed by atoms with van der Waals surface area (Å²) >= 11 is 9.53. The summed E-state index contributed by atoms with van der Waals surface area (Å²) in [5.41, 5.74) is 2.58. The monoisotopic (exact) mass is 326 g/mol. The van der Waals surface area contributed by atoms with Crippen LogP contribution in [0.3, 0.4) is 0 Å². The molecule has 0 atom stereocenters. The molecule has 0 spiro atoms. The van der Waals surface area contributed by atoms with Crippen LogP contribution < -0.4 is 4.74 Å². The Morgan fingerprint density at radius 1 is 1.22 bits per heavy atom. The van der Waals surface area contributed by atoms with E-state index in [1.807, 2.05) is 32.0 Å². The number of rotatable bonds is 2. The Morgan fingerprint density at radius 3 is 2.56 bits per heavy atom. The number of aromatic nitrogens is 2. The van der Waals surface area contributed by atoms with Crippen molar-refractivity contribution >= 4 is 27.5 Å². The predicted molar refractivity (Wildman–Crippen MR) is 76.2 cm³/mol. The van der Waals surface area contributed by atoms with Crippen molar-refractivity contribution in [1.82, 2.24) is 9.97 Å². The van der Waals surface area contributed by atoms with E-state index >= 15 is 0 Å². The topological polar surface area (TPSA) is 35.0 Å². The number of hydrogen-bond acceptors (Lipinski definition) is 3. The SMILES string of the molecule is COc1ccc(Br)cc1-c1nc(C)c(C)c(Cl)n1. The Morgan fingerprint density at radius 2 is 1.94 bits per heavy atom. The molecule has 3 nitrogen and oxygen atoms in total. The van der Waals surface area contributed by atoms with Gasteiger partial charge in [-0.05, 0) is 32.0 Å². The van der Waals surface area contributed by atoms with Crippen molar-refractivity contribution in [3.05, 3.63) is 39.1 Å². The van der Waals surface area contributed by atoms with Gasteiger partial charge in [-0.2, -0.15) is 0 Å². The van der Waals surface area contributed by atoms with Gasteiger partial charge in [-0.15, -0.1) is 0 Å². The molecule has 0 saturated carbocycles. The number of hydrogen-bond donors (Lipinski definition) is 0. The number of ether oxygens (including phenoxy) is 1. The fraction of sp³-hybridized carbons (Fsp3) is 0.231. The predicted octanol–water partition coefficient (Wildman–Crippen LogP) is 4.18. The molecule has 1 aromatic carbocycles. The van der Waals surface area contributed by atoms with Gasteiger partial charge in [0.25, 0.3) is 0 Å². The lowest BCUT2D eigenvalue weighted by atomic mass is 10.1. The van der Waals surface area contributed by atoms with Crippen LogP contribution in [0.5, 0.6) is 5.75 Å². The van der Waals surface area contributed by atoms with E-state index in [2.05, 4.69) is 25.9 Å². The highest BCUT2D eigenvalue weighted by atomic mass is 79.9. The number of nitrogens with zero attached hydrogens (tertiary/aromatic N) is 2. The van der Waals surface area contributed by atoms with Gasteiger partial charge in [-0.3, -0.25) is 0 Å². The number of aryl methyl sites for hydroxylation is 1. The Labute approximate surface area is 119 Å². The van der Waals surface area contributed by atoms with Crippen molar-refractivity contribution in [3.8, 4) is 17.1 Å². The van der Waals surface area contributed by atoms with Crippen molar-refractivity contribution in [3.63, 3.8) is 0 Å². The van der Waals surface area contributed by atoms with Crippen LogP contribution in [0.25, 0.3) is 11.4 Å². The van der Waals surface area contributed by atoms with E-state index in [9.17, 15) is 0 Å². The molecule has 0 saturated heterocycles. The summed E-state index contributed by atoms with van der Waals surface area (Å²) in [5.74, 6) is 1.29. The maximum Gasteiger partial charge on any atom is 0.164 e. The summed E-state index contributed by atoms with van der Waals surface area (Å²) in [5, 5.41) is 0.472. The molecule has 0 radical (unpaired) electrons. The van der Waals surface area contributed by atoms with Crippen LogP contribution in [0.15, 0.2) is 22.7 Å². The molecule has 0 amide bonds. The molecule has 94 valence electrons. The van der Waals surface area contributed by atoms with Crippen molar-refractivity contribution in [2.24, 2.45) is 0 Å². The van der Waals surface area contributed by atoms with Crippen molar-refractivity contribution in [1.29, 1.82) is 0 Å². The molecular formula is C13H12BrClN2O. The van der Waals surface area contributed by atoms with Gasteiger partial charge >= 0.3 is 0 Å². The third-order valence-corrected chi connectivity index (χ3v) is 3.59. The fourth-order valence-electron chi connectivity index (χ4n) is 1.57. The minimum Gasteiger partial charge on any atom is -0.496 e. The number of benzene rings is 1. The molecule has 5 heteroatoms. The molecule has 1 aromatic heterocycles. The van der Waals surface area contributed by atoms with Gasteiger partial charge in [0.1, 0.15) is 10.9 Å². The Hall–Kier alpha value is -1.13. The Kier molecular flexibility index (Phi) is 3.88. The van der Waals surface area contributed by atoms with E-state index in [1.54, 1.807) is 7.11 Å². The Balaban J connectivity index is 2.65. The second-order valence-corrected chi connectivity index (χ2v) is 5.17. The molecule has 0 aliphatic carbocycles. The van der Waals surface area contributed by atoms with E-state index in [0.29, 0.717) is 11.0 Å². The first kappa shape index (κ1) is 13.3. The average molecular weight is 328 g/mol. The summed E-state index contributed by atoms with van der Waals surface area (Å²) < 4.78 is 6.26. The normalized spacial score (nSPS) is 10.5. The molecule has 0 aliphatic rings. The molecule has 1 heterocycles. The lowest BCUT2D eigenvalue weighted by molar-refractivity contribution is 0.416. The standard InChI is InChI=1S/C13H12BrClN2O/c1-7-8(2)16-13(17-12(7)15)10-6-9(14)4-5-11(10)18-3/h4-6H,1-3H3. The maximum atomic E-state index is 6.10. The maximum absolute atomic E-state index is 6.10. The summed E-state index contributed by atoms with van der Waals surface area (Å²) in [6.07, 6.45) is 0. The second kappa shape index (κ2) is 5.24. The lowest BCUT2D eigenvalue weighted by Crippen LogP contribution is -1.98. The number of methoxy groups -OCH3 is 1. The van der Waals surface area contributed by atoms with E-state index in [0.717, 1.165) is 27.0 Å². The van der Waals surface area contributed by atoms with E-state index < -0.39 is 0 Å². The van der Waals surface area contributed by atoms with Crippen LogP contribution in [0.4, 0.5) is 0 Å². The Bertz CT molecular complexity index is 579. The largest absolute Gasteiger partial charge is 0.496 e. The first-order chi connectivity index (χ1) is 8.52. The van der Waals surface area contributed by atoms with Crippen molar-refractivity contribution < 1.29 is 4.74 Å². The lowest BCUT2D eigenvalue weighted by Gasteiger charge is -2.10. The van der Waals surface area contributed by atoms with Crippen molar-refractivity contribution in [2.75, 3.05) is 7.11 Å². The van der Waals surface area contributed by atoms with Gasteiger partial charge in [0.05, 0.1) is 12.7 Å². The highest BCUT2D eigenvalue weighted by molar-refractivity contribution is 9.10. The smallest absolute Gasteiger partial charge is 0.164 e. The molecular weight excluding hydrogens is 316 g/mol. The highest BCUT2D eigenvalue weighted by Crippen LogP contribution is 2.31. The van der Waals surface area contributed by atoms with Gasteiger partial charge in [-0.1, -0.05) is 27.5 Å². The molecule has 0 aliphatic heterocycles. The highest BCUT2D eigenvalue weighted by Gasteiger charge is 2.12. The van der Waals surface area contributed by atoms with Crippen LogP contribution in [0, 0.1) is 13.8 Å². The molecule has 0 bridgehead atoms. The molecule has 18 heavy (non-hydrogen) atoms. The molecule has 2 aromatic rings. The number of halogens is 2. The van der Waals surface area contributed by atoms with Crippen molar-refractivity contribution in [2.45, 2.75) is 13.8 Å². The third kappa shape index (κ3) is 2.49. The zero-order chi connectivity index (χ0) is 13.3. The van der Waals surface area contributed by atoms with Crippen LogP contribution in [-0.4, -0.2) is 17.1 Å².